The molecule has 0 aliphatic carbocycles. The fraction of sp³-hybridized carbons (Fsp3) is 0.353. The number of halogens is 1. The van der Waals surface area contributed by atoms with Crippen LogP contribution in [0.4, 0.5) is 4.39 Å². The zero-order chi connectivity index (χ0) is 15.4. The van der Waals surface area contributed by atoms with E-state index >= 15 is 0 Å². The summed E-state index contributed by atoms with van der Waals surface area (Å²) in [6.45, 7) is 0.521. The molecule has 1 aliphatic rings. The van der Waals surface area contributed by atoms with Gasteiger partial charge in [-0.15, -0.1) is 23.5 Å². The summed E-state index contributed by atoms with van der Waals surface area (Å²) in [6, 6.07) is 14.1. The molecule has 0 saturated carbocycles. The van der Waals surface area contributed by atoms with Gasteiger partial charge in [-0.2, -0.15) is 0 Å². The number of thioether (sulfide) groups is 2. The van der Waals surface area contributed by atoms with Crippen LogP contribution >= 0.6 is 23.5 Å². The Labute approximate surface area is 138 Å². The molecular formula is C17H18FNOS2. The maximum absolute atomic E-state index is 13.1. The third kappa shape index (κ3) is 3.96. The first-order chi connectivity index (χ1) is 10.7. The second-order valence-corrected chi connectivity index (χ2v) is 7.48. The molecule has 0 amide bonds. The van der Waals surface area contributed by atoms with Crippen LogP contribution in [0.1, 0.15) is 12.8 Å². The van der Waals surface area contributed by atoms with Crippen LogP contribution < -0.4 is 4.74 Å². The van der Waals surface area contributed by atoms with Crippen LogP contribution in [0.3, 0.4) is 0 Å². The monoisotopic (exact) mass is 335 g/mol. The smallest absolute Gasteiger partial charge is 0.213 e. The molecule has 3 rings (SSSR count). The van der Waals surface area contributed by atoms with E-state index in [2.05, 4.69) is 35.5 Å². The molecule has 2 aromatic rings. The van der Waals surface area contributed by atoms with Gasteiger partial charge in [0, 0.05) is 21.8 Å². The second-order valence-electron chi connectivity index (χ2n) is 5.15. The zero-order valence-corrected chi connectivity index (χ0v) is 14.0. The molecule has 1 fully saturated rings. The first-order valence-electron chi connectivity index (χ1n) is 7.28. The molecule has 2 atom stereocenters. The summed E-state index contributed by atoms with van der Waals surface area (Å²) in [5, 5.41) is 0.237. The predicted octanol–water partition coefficient (Wildman–Crippen LogP) is 5.04. The number of alkyl halides is 1. The molecule has 2 heterocycles. The molecule has 0 spiro atoms. The highest BCUT2D eigenvalue weighted by molar-refractivity contribution is 8.00. The average Bonchev–Trinajstić information content (AvgIpc) is 2.99. The lowest BCUT2D eigenvalue weighted by atomic mass is 10.1. The molecular weight excluding hydrogens is 317 g/mol. The Bertz CT molecular complexity index is 620. The van der Waals surface area contributed by atoms with E-state index in [1.165, 1.54) is 16.7 Å². The number of nitrogens with zero attached hydrogens (tertiary/aromatic N) is 1. The lowest BCUT2D eigenvalue weighted by Crippen LogP contribution is -2.11. The molecule has 5 heteroatoms. The highest BCUT2D eigenvalue weighted by Crippen LogP contribution is 2.34. The van der Waals surface area contributed by atoms with E-state index in [0.717, 1.165) is 17.7 Å². The number of benzene rings is 1. The highest BCUT2D eigenvalue weighted by atomic mass is 32.2. The zero-order valence-electron chi connectivity index (χ0n) is 12.4. The summed E-state index contributed by atoms with van der Waals surface area (Å²) in [4.78, 5) is 5.78. The van der Waals surface area contributed by atoms with Gasteiger partial charge in [0.25, 0.3) is 0 Å². The van der Waals surface area contributed by atoms with Crippen molar-refractivity contribution in [2.24, 2.45) is 0 Å². The van der Waals surface area contributed by atoms with Crippen molar-refractivity contribution in [2.45, 2.75) is 28.5 Å². The number of hydrogen-bond acceptors (Lipinski definition) is 4. The maximum atomic E-state index is 13.1. The Hall–Kier alpha value is -1.20. The summed E-state index contributed by atoms with van der Waals surface area (Å²) >= 11 is 3.09. The Morgan fingerprint density at radius 1 is 1.23 bits per heavy atom. The highest BCUT2D eigenvalue weighted by Gasteiger charge is 2.25. The summed E-state index contributed by atoms with van der Waals surface area (Å²) in [5.41, 5.74) is 1.23. The second kappa shape index (κ2) is 7.38. The molecule has 116 valence electrons. The molecule has 1 aromatic heterocycles. The molecule has 1 aromatic carbocycles. The van der Waals surface area contributed by atoms with E-state index in [0.29, 0.717) is 18.9 Å². The summed E-state index contributed by atoms with van der Waals surface area (Å²) < 4.78 is 18.9. The number of aromatic nitrogens is 1. The van der Waals surface area contributed by atoms with Gasteiger partial charge >= 0.3 is 0 Å². The van der Waals surface area contributed by atoms with Crippen LogP contribution in [0.5, 0.6) is 5.88 Å². The van der Waals surface area contributed by atoms with E-state index < -0.39 is 5.50 Å². The van der Waals surface area contributed by atoms with E-state index in [-0.39, 0.29) is 5.25 Å². The van der Waals surface area contributed by atoms with Gasteiger partial charge < -0.3 is 4.74 Å². The minimum Gasteiger partial charge on any atom is -0.476 e. The summed E-state index contributed by atoms with van der Waals surface area (Å²) in [6.07, 6.45) is 3.57. The number of ether oxygens (including phenoxy) is 1. The van der Waals surface area contributed by atoms with Crippen molar-refractivity contribution in [3.05, 3.63) is 42.5 Å². The molecule has 2 unspecified atom stereocenters. The number of pyridine rings is 1. The fourth-order valence-corrected chi connectivity index (χ4v) is 3.90. The minimum atomic E-state index is -0.733. The van der Waals surface area contributed by atoms with Gasteiger partial charge in [-0.1, -0.05) is 18.2 Å². The van der Waals surface area contributed by atoms with Crippen molar-refractivity contribution in [1.29, 1.82) is 0 Å². The lowest BCUT2D eigenvalue weighted by Gasteiger charge is -2.11. The van der Waals surface area contributed by atoms with Crippen LogP contribution in [0, 0.1) is 0 Å². The molecule has 1 aliphatic heterocycles. The van der Waals surface area contributed by atoms with E-state index in [9.17, 15) is 4.39 Å². The fourth-order valence-electron chi connectivity index (χ4n) is 2.38. The van der Waals surface area contributed by atoms with E-state index in [1.807, 2.05) is 18.2 Å². The van der Waals surface area contributed by atoms with Crippen LogP contribution in [0.25, 0.3) is 11.3 Å². The van der Waals surface area contributed by atoms with Crippen molar-refractivity contribution in [3.63, 3.8) is 0 Å². The van der Waals surface area contributed by atoms with Crippen molar-refractivity contribution in [3.8, 4) is 17.1 Å². The van der Waals surface area contributed by atoms with E-state index in [1.54, 1.807) is 11.8 Å². The third-order valence-corrected chi connectivity index (χ3v) is 5.61. The van der Waals surface area contributed by atoms with Crippen LogP contribution in [0.2, 0.25) is 0 Å². The third-order valence-electron chi connectivity index (χ3n) is 3.58. The van der Waals surface area contributed by atoms with Gasteiger partial charge in [0.15, 0.2) is 0 Å². The molecule has 22 heavy (non-hydrogen) atoms. The minimum absolute atomic E-state index is 0.237. The number of hydrogen-bond donors (Lipinski definition) is 0. The predicted molar refractivity (Wildman–Crippen MR) is 92.5 cm³/mol. The van der Waals surface area contributed by atoms with Gasteiger partial charge in [-0.25, -0.2) is 9.37 Å². The molecule has 0 bridgehead atoms. The summed E-state index contributed by atoms with van der Waals surface area (Å²) in [7, 11) is 0. The standard InChI is InChI=1S/C17H18FNOS2/c1-21-13-7-5-12(6-8-13)15-3-2-4-17(19-15)20-11-14-9-10-16(18)22-14/h2-8,14,16H,9-11H2,1H3. The van der Waals surface area contributed by atoms with E-state index in [4.69, 9.17) is 4.74 Å². The van der Waals surface area contributed by atoms with Crippen LogP contribution in [-0.4, -0.2) is 28.6 Å². The normalized spacial score (nSPS) is 21.0. The first kappa shape index (κ1) is 15.7. The molecule has 0 radical (unpaired) electrons. The average molecular weight is 335 g/mol. The Balaban J connectivity index is 1.66. The van der Waals surface area contributed by atoms with Crippen molar-refractivity contribution in [2.75, 3.05) is 12.9 Å². The van der Waals surface area contributed by atoms with Gasteiger partial charge in [0.05, 0.1) is 5.69 Å². The van der Waals surface area contributed by atoms with Crippen molar-refractivity contribution >= 4 is 23.5 Å². The Morgan fingerprint density at radius 2 is 2.05 bits per heavy atom. The van der Waals surface area contributed by atoms with Gasteiger partial charge in [0.2, 0.25) is 5.88 Å². The quantitative estimate of drug-likeness (QED) is 0.714. The van der Waals surface area contributed by atoms with Gasteiger partial charge in [-0.05, 0) is 37.3 Å². The molecule has 2 nitrogen and oxygen atoms in total. The van der Waals surface area contributed by atoms with Gasteiger partial charge in [0.1, 0.15) is 12.1 Å². The van der Waals surface area contributed by atoms with Crippen LogP contribution in [0.15, 0.2) is 47.4 Å². The maximum Gasteiger partial charge on any atom is 0.213 e. The largest absolute Gasteiger partial charge is 0.476 e. The topological polar surface area (TPSA) is 22.1 Å². The summed E-state index contributed by atoms with van der Waals surface area (Å²) in [5.74, 6) is 0.606. The van der Waals surface area contributed by atoms with Crippen molar-refractivity contribution < 1.29 is 9.13 Å². The lowest BCUT2D eigenvalue weighted by molar-refractivity contribution is 0.302. The van der Waals surface area contributed by atoms with Gasteiger partial charge in [-0.3, -0.25) is 0 Å². The first-order valence-corrected chi connectivity index (χ1v) is 9.45. The molecule has 0 N–H and O–H groups in total. The Morgan fingerprint density at radius 3 is 2.73 bits per heavy atom. The molecule has 1 saturated heterocycles. The number of rotatable bonds is 5. The van der Waals surface area contributed by atoms with Crippen LogP contribution in [-0.2, 0) is 0 Å². The van der Waals surface area contributed by atoms with Crippen molar-refractivity contribution in [1.82, 2.24) is 4.98 Å². The SMILES string of the molecule is CSc1ccc(-c2cccc(OCC3CCC(F)S3)n2)cc1. The Kier molecular flexibility index (Phi) is 5.26.